The summed E-state index contributed by atoms with van der Waals surface area (Å²) in [5.41, 5.74) is 14.4. The molecule has 0 radical (unpaired) electrons. The third-order valence-electron chi connectivity index (χ3n) is 4.88. The average molecular weight is 313 g/mol. The van der Waals surface area contributed by atoms with Gasteiger partial charge in [-0.3, -0.25) is 4.98 Å². The highest BCUT2D eigenvalue weighted by Gasteiger charge is 2.28. The summed E-state index contributed by atoms with van der Waals surface area (Å²) in [5.74, 6) is 1.07. The number of hydrogen-bond acceptors (Lipinski definition) is 5. The molecule has 1 atom stereocenters. The number of nitrogens with zero attached hydrogens (tertiary/aromatic N) is 2. The summed E-state index contributed by atoms with van der Waals surface area (Å²) in [4.78, 5) is 9.23. The van der Waals surface area contributed by atoms with E-state index >= 15 is 0 Å². The molecule has 1 aliphatic rings. The highest BCUT2D eigenvalue weighted by Crippen LogP contribution is 2.31. The molecule has 5 nitrogen and oxygen atoms in total. The number of benzene rings is 1. The zero-order chi connectivity index (χ0) is 16.1. The molecule has 0 saturated heterocycles. The van der Waals surface area contributed by atoms with Gasteiger partial charge in [0.2, 0.25) is 0 Å². The van der Waals surface area contributed by atoms with E-state index < -0.39 is 0 Å². The van der Waals surface area contributed by atoms with E-state index in [1.165, 1.54) is 19.3 Å². The molecular weight excluding hydrogens is 286 g/mol. The molecule has 1 unspecified atom stereocenters. The molecule has 1 aromatic carbocycles. The first-order valence-corrected chi connectivity index (χ1v) is 8.65. The Morgan fingerprint density at radius 3 is 2.70 bits per heavy atom. The summed E-state index contributed by atoms with van der Waals surface area (Å²) in [7, 11) is 0. The lowest BCUT2D eigenvalue weighted by atomic mass is 9.77. The minimum atomic E-state index is 0.218. The van der Waals surface area contributed by atoms with Crippen LogP contribution in [0, 0.1) is 5.92 Å². The van der Waals surface area contributed by atoms with Crippen molar-refractivity contribution in [3.05, 3.63) is 36.2 Å². The molecule has 1 heterocycles. The third kappa shape index (κ3) is 4.05. The first-order valence-electron chi connectivity index (χ1n) is 8.65. The molecule has 1 aromatic heterocycles. The van der Waals surface area contributed by atoms with Crippen molar-refractivity contribution in [3.8, 4) is 0 Å². The first-order chi connectivity index (χ1) is 11.3. The fraction of sp³-hybridized carbons (Fsp3) is 0.556. The number of rotatable bonds is 8. The molecule has 5 heteroatoms. The molecule has 0 aliphatic heterocycles. The van der Waals surface area contributed by atoms with Crippen molar-refractivity contribution in [3.63, 3.8) is 0 Å². The summed E-state index contributed by atoms with van der Waals surface area (Å²) >= 11 is 0. The Bertz CT molecular complexity index is 624. The van der Waals surface area contributed by atoms with Gasteiger partial charge in [-0.25, -0.2) is 4.98 Å². The van der Waals surface area contributed by atoms with Gasteiger partial charge in [-0.2, -0.15) is 0 Å². The number of para-hydroxylation sites is 2. The second kappa shape index (κ2) is 7.81. The fourth-order valence-corrected chi connectivity index (χ4v) is 3.33. The van der Waals surface area contributed by atoms with Gasteiger partial charge in [0.25, 0.3) is 0 Å². The first kappa shape index (κ1) is 16.3. The van der Waals surface area contributed by atoms with Crippen molar-refractivity contribution < 1.29 is 0 Å². The predicted molar refractivity (Wildman–Crippen MR) is 94.1 cm³/mol. The molecular formula is C18H27N5. The van der Waals surface area contributed by atoms with E-state index in [9.17, 15) is 0 Å². The maximum Gasteiger partial charge on any atom is 0.0890 e. The van der Waals surface area contributed by atoms with Gasteiger partial charge >= 0.3 is 0 Å². The van der Waals surface area contributed by atoms with Crippen LogP contribution in [0.4, 0.5) is 0 Å². The van der Waals surface area contributed by atoms with Gasteiger partial charge in [-0.15, -0.1) is 0 Å². The minimum Gasteiger partial charge on any atom is -0.330 e. The van der Waals surface area contributed by atoms with Gasteiger partial charge in [0, 0.05) is 31.2 Å². The number of nitrogens with one attached hydrogen (secondary N) is 1. The third-order valence-corrected chi connectivity index (χ3v) is 4.88. The van der Waals surface area contributed by atoms with E-state index in [0.717, 1.165) is 42.2 Å². The molecule has 3 rings (SSSR count). The lowest BCUT2D eigenvalue weighted by Gasteiger charge is -2.37. The smallest absolute Gasteiger partial charge is 0.0890 e. The Morgan fingerprint density at radius 1 is 1.17 bits per heavy atom. The molecule has 124 valence electrons. The number of fused-ring (bicyclic) bond motifs is 1. The summed E-state index contributed by atoms with van der Waals surface area (Å²) in [6.45, 7) is 2.27. The second-order valence-electron chi connectivity index (χ2n) is 6.59. The van der Waals surface area contributed by atoms with Gasteiger partial charge in [0.05, 0.1) is 16.7 Å². The molecule has 5 N–H and O–H groups in total. The maximum atomic E-state index is 5.97. The summed E-state index contributed by atoms with van der Waals surface area (Å²) < 4.78 is 0. The van der Waals surface area contributed by atoms with Crippen LogP contribution in [0.5, 0.6) is 0 Å². The Balaban J connectivity index is 1.53. The Kier molecular flexibility index (Phi) is 5.54. The number of aromatic nitrogens is 2. The van der Waals surface area contributed by atoms with Crippen LogP contribution in [0.15, 0.2) is 30.5 Å². The highest BCUT2D eigenvalue weighted by atomic mass is 14.9. The fourth-order valence-electron chi connectivity index (χ4n) is 3.33. The van der Waals surface area contributed by atoms with Crippen LogP contribution >= 0.6 is 0 Å². The van der Waals surface area contributed by atoms with E-state index in [4.69, 9.17) is 16.5 Å². The molecule has 23 heavy (non-hydrogen) atoms. The normalized spacial score (nSPS) is 22.0. The highest BCUT2D eigenvalue weighted by molar-refractivity contribution is 5.73. The van der Waals surface area contributed by atoms with E-state index in [1.807, 2.05) is 30.5 Å². The van der Waals surface area contributed by atoms with E-state index in [0.29, 0.717) is 12.6 Å². The Hall–Kier alpha value is -1.56. The molecule has 1 aliphatic carbocycles. The van der Waals surface area contributed by atoms with Gasteiger partial charge in [-0.05, 0) is 50.3 Å². The van der Waals surface area contributed by atoms with Crippen LogP contribution in [-0.4, -0.2) is 35.6 Å². The van der Waals surface area contributed by atoms with E-state index in [2.05, 4.69) is 10.3 Å². The van der Waals surface area contributed by atoms with Crippen LogP contribution < -0.4 is 16.8 Å². The Labute approximate surface area is 137 Å². The van der Waals surface area contributed by atoms with Crippen molar-refractivity contribution in [2.24, 2.45) is 17.4 Å². The van der Waals surface area contributed by atoms with E-state index in [-0.39, 0.29) is 5.92 Å². The van der Waals surface area contributed by atoms with E-state index in [1.54, 1.807) is 0 Å². The average Bonchev–Trinajstić information content (AvgIpc) is 2.56. The molecule has 1 fully saturated rings. The van der Waals surface area contributed by atoms with Gasteiger partial charge in [0.1, 0.15) is 0 Å². The minimum absolute atomic E-state index is 0.218. The van der Waals surface area contributed by atoms with Crippen molar-refractivity contribution >= 4 is 11.0 Å². The maximum absolute atomic E-state index is 5.97. The van der Waals surface area contributed by atoms with Crippen LogP contribution in [-0.2, 0) is 0 Å². The topological polar surface area (TPSA) is 89.8 Å². The Morgan fingerprint density at radius 2 is 1.96 bits per heavy atom. The lowest BCUT2D eigenvalue weighted by Crippen LogP contribution is -2.43. The SMILES string of the molecule is NCCCC1CC(NCC(CN)c2cnc3ccccc3n2)C1. The molecule has 0 amide bonds. The zero-order valence-corrected chi connectivity index (χ0v) is 13.6. The number of nitrogens with two attached hydrogens (primary N) is 2. The summed E-state index contributed by atoms with van der Waals surface area (Å²) in [6, 6.07) is 8.58. The number of hydrogen-bond donors (Lipinski definition) is 3. The van der Waals surface area contributed by atoms with Gasteiger partial charge < -0.3 is 16.8 Å². The van der Waals surface area contributed by atoms with Gasteiger partial charge in [0.15, 0.2) is 0 Å². The lowest BCUT2D eigenvalue weighted by molar-refractivity contribution is 0.206. The standard InChI is InChI=1S/C18H27N5/c19-7-3-4-13-8-15(9-13)21-11-14(10-20)18-12-22-16-5-1-2-6-17(16)23-18/h1-2,5-6,12-15,21H,3-4,7-11,19-20H2. The van der Waals surface area contributed by atoms with Crippen molar-refractivity contribution in [1.82, 2.24) is 15.3 Å². The van der Waals surface area contributed by atoms with Crippen molar-refractivity contribution in [2.75, 3.05) is 19.6 Å². The predicted octanol–water partition coefficient (Wildman–Crippen LogP) is 1.78. The largest absolute Gasteiger partial charge is 0.330 e. The van der Waals surface area contributed by atoms with Gasteiger partial charge in [-0.1, -0.05) is 12.1 Å². The van der Waals surface area contributed by atoms with Crippen LogP contribution in [0.3, 0.4) is 0 Å². The summed E-state index contributed by atoms with van der Waals surface area (Å²) in [6.07, 6.45) is 6.81. The zero-order valence-electron chi connectivity index (χ0n) is 13.6. The second-order valence-corrected chi connectivity index (χ2v) is 6.59. The van der Waals surface area contributed by atoms with Crippen molar-refractivity contribution in [1.29, 1.82) is 0 Å². The molecule has 2 aromatic rings. The van der Waals surface area contributed by atoms with Crippen LogP contribution in [0.2, 0.25) is 0 Å². The molecule has 0 spiro atoms. The van der Waals surface area contributed by atoms with Crippen LogP contribution in [0.25, 0.3) is 11.0 Å². The molecule has 0 bridgehead atoms. The quantitative estimate of drug-likeness (QED) is 0.691. The van der Waals surface area contributed by atoms with Crippen molar-refractivity contribution in [2.45, 2.75) is 37.6 Å². The van der Waals surface area contributed by atoms with Crippen LogP contribution in [0.1, 0.15) is 37.3 Å². The monoisotopic (exact) mass is 313 g/mol. The molecule has 1 saturated carbocycles. The summed E-state index contributed by atoms with van der Waals surface area (Å²) in [5, 5.41) is 3.64.